The second-order valence-corrected chi connectivity index (χ2v) is 11.6. The number of benzene rings is 3. The summed E-state index contributed by atoms with van der Waals surface area (Å²) >= 11 is 1.23. The molecule has 2 N–H and O–H groups in total. The van der Waals surface area contributed by atoms with Crippen LogP contribution in [-0.2, 0) is 27.5 Å². The molecule has 3 aromatic carbocycles. The monoisotopic (exact) mass is 597 g/mol. The highest BCUT2D eigenvalue weighted by molar-refractivity contribution is 8.15. The number of aliphatic imine (C=N–C) groups is 2. The minimum Gasteiger partial charge on any atom is -0.454 e. The fraction of sp³-hybridized carbons (Fsp3) is 0.281. The lowest BCUT2D eigenvalue weighted by Gasteiger charge is -2.27. The molecule has 0 bridgehead atoms. The molecule has 3 amide bonds. The van der Waals surface area contributed by atoms with Gasteiger partial charge in [0.15, 0.2) is 16.7 Å². The van der Waals surface area contributed by atoms with Crippen LogP contribution < -0.4 is 20.1 Å². The van der Waals surface area contributed by atoms with Gasteiger partial charge in [0, 0.05) is 18.7 Å². The topological polar surface area (TPSA) is 122 Å². The molecular weight excluding hydrogens is 566 g/mol. The van der Waals surface area contributed by atoms with E-state index in [1.54, 1.807) is 6.07 Å². The summed E-state index contributed by atoms with van der Waals surface area (Å²) < 4.78 is 10.7. The van der Waals surface area contributed by atoms with Gasteiger partial charge in [0.1, 0.15) is 11.9 Å². The first kappa shape index (κ1) is 28.5. The smallest absolute Gasteiger partial charge is 0.259 e. The molecule has 220 valence electrons. The van der Waals surface area contributed by atoms with Gasteiger partial charge < -0.3 is 20.1 Å². The molecule has 0 saturated heterocycles. The number of thioether (sulfide) groups is 1. The quantitative estimate of drug-likeness (QED) is 0.381. The van der Waals surface area contributed by atoms with Crippen LogP contribution in [-0.4, -0.2) is 51.7 Å². The first-order valence-corrected chi connectivity index (χ1v) is 15.0. The second-order valence-electron chi connectivity index (χ2n) is 10.4. The van der Waals surface area contributed by atoms with Crippen molar-refractivity contribution in [1.29, 1.82) is 0 Å². The van der Waals surface area contributed by atoms with Gasteiger partial charge in [0.25, 0.3) is 5.91 Å². The van der Waals surface area contributed by atoms with Crippen LogP contribution in [0.5, 0.6) is 11.5 Å². The van der Waals surface area contributed by atoms with Crippen LogP contribution in [0.4, 0.5) is 5.69 Å². The molecule has 3 aliphatic heterocycles. The number of carbonyl (C=O) groups excluding carboxylic acids is 3. The maximum Gasteiger partial charge on any atom is 0.259 e. The van der Waals surface area contributed by atoms with Gasteiger partial charge in [0.2, 0.25) is 18.6 Å². The Morgan fingerprint density at radius 3 is 2.56 bits per heavy atom. The van der Waals surface area contributed by atoms with Gasteiger partial charge in [-0.25, -0.2) is 9.89 Å². The van der Waals surface area contributed by atoms with Crippen molar-refractivity contribution in [2.75, 3.05) is 6.79 Å². The minimum atomic E-state index is -0.904. The van der Waals surface area contributed by atoms with Crippen molar-refractivity contribution in [2.45, 2.75) is 51.1 Å². The molecule has 0 fully saturated rings. The SMILES string of the molecule is CC[C@H](SC1=Nc2ccccc2C2=N[C@H](CC(=O)NCc3ccc4c(c3)OCO4)C(=O)N12)C(=O)NCc1ccc(C)cc1. The van der Waals surface area contributed by atoms with E-state index in [1.165, 1.54) is 16.7 Å². The van der Waals surface area contributed by atoms with Gasteiger partial charge in [-0.15, -0.1) is 0 Å². The first-order valence-electron chi connectivity index (χ1n) is 14.1. The number of aryl methyl sites for hydroxylation is 1. The number of ether oxygens (including phenoxy) is 2. The van der Waals surface area contributed by atoms with Crippen molar-refractivity contribution in [2.24, 2.45) is 9.98 Å². The van der Waals surface area contributed by atoms with E-state index in [-0.39, 0.29) is 37.5 Å². The highest BCUT2D eigenvalue weighted by Crippen LogP contribution is 2.36. The Balaban J connectivity index is 1.14. The Bertz CT molecular complexity index is 1640. The Labute approximate surface area is 253 Å². The van der Waals surface area contributed by atoms with Crippen molar-refractivity contribution < 1.29 is 23.9 Å². The molecule has 0 aromatic heterocycles. The van der Waals surface area contributed by atoms with E-state index in [9.17, 15) is 14.4 Å². The number of nitrogens with zero attached hydrogens (tertiary/aromatic N) is 3. The Morgan fingerprint density at radius 1 is 1.00 bits per heavy atom. The molecule has 0 radical (unpaired) electrons. The predicted molar refractivity (Wildman–Crippen MR) is 164 cm³/mol. The maximum absolute atomic E-state index is 13.7. The molecule has 3 heterocycles. The van der Waals surface area contributed by atoms with Gasteiger partial charge in [-0.2, -0.15) is 0 Å². The third-order valence-corrected chi connectivity index (χ3v) is 8.67. The summed E-state index contributed by atoms with van der Waals surface area (Å²) in [4.78, 5) is 50.7. The van der Waals surface area contributed by atoms with E-state index in [1.807, 2.05) is 74.5 Å². The number of amidine groups is 2. The average Bonchev–Trinajstić information content (AvgIpc) is 3.62. The number of hydrogen-bond acceptors (Lipinski definition) is 8. The van der Waals surface area contributed by atoms with Crippen molar-refractivity contribution in [1.82, 2.24) is 15.5 Å². The summed E-state index contributed by atoms with van der Waals surface area (Å²) in [6, 6.07) is 20.0. The van der Waals surface area contributed by atoms with Gasteiger partial charge in [-0.3, -0.25) is 19.4 Å². The van der Waals surface area contributed by atoms with Crippen LogP contribution in [0.3, 0.4) is 0 Å². The van der Waals surface area contributed by atoms with E-state index in [0.717, 1.165) is 16.7 Å². The Kier molecular flexibility index (Phi) is 8.15. The summed E-state index contributed by atoms with van der Waals surface area (Å²) in [5.74, 6) is 0.966. The van der Waals surface area contributed by atoms with Crippen molar-refractivity contribution in [3.05, 3.63) is 89.0 Å². The fourth-order valence-corrected chi connectivity index (χ4v) is 6.02. The number of rotatable bonds is 9. The molecular formula is C32H31N5O5S. The summed E-state index contributed by atoms with van der Waals surface area (Å²) in [6.45, 7) is 4.80. The molecule has 3 aromatic rings. The summed E-state index contributed by atoms with van der Waals surface area (Å²) in [5.41, 5.74) is 4.38. The molecule has 0 unspecified atom stereocenters. The van der Waals surface area contributed by atoms with E-state index in [2.05, 4.69) is 15.6 Å². The van der Waals surface area contributed by atoms with Gasteiger partial charge >= 0.3 is 0 Å². The predicted octanol–water partition coefficient (Wildman–Crippen LogP) is 4.22. The molecule has 11 heteroatoms. The number of nitrogens with one attached hydrogen (secondary N) is 2. The minimum absolute atomic E-state index is 0.113. The van der Waals surface area contributed by atoms with Gasteiger partial charge in [0.05, 0.1) is 17.4 Å². The maximum atomic E-state index is 13.7. The first-order chi connectivity index (χ1) is 20.9. The molecule has 2 atom stereocenters. The molecule has 0 saturated carbocycles. The average molecular weight is 598 g/mol. The standard InChI is InChI=1S/C32H31N5O5S/c1-3-27(30(39)34-16-20-10-8-19(2)9-11-20)43-32-36-23-7-5-4-6-22(23)29-35-24(31(40)37(29)32)15-28(38)33-17-21-12-13-25-26(14-21)42-18-41-25/h4-14,24,27H,3,15-18H2,1-2H3,(H,33,38)(H,34,39)/t24-,27+/m1/s1. The van der Waals surface area contributed by atoms with Gasteiger partial charge in [-0.1, -0.05) is 66.7 Å². The molecule has 0 spiro atoms. The van der Waals surface area contributed by atoms with Crippen molar-refractivity contribution in [3.63, 3.8) is 0 Å². The molecule has 3 aliphatic rings. The third-order valence-electron chi connectivity index (χ3n) is 7.35. The van der Waals surface area contributed by atoms with E-state index in [4.69, 9.17) is 14.5 Å². The second kappa shape index (κ2) is 12.3. The number of fused-ring (bicyclic) bond motifs is 4. The van der Waals surface area contributed by atoms with Crippen LogP contribution in [0.1, 0.15) is 42.0 Å². The highest BCUT2D eigenvalue weighted by Gasteiger charge is 2.43. The normalized spacial score (nSPS) is 17.0. The van der Waals surface area contributed by atoms with Crippen LogP contribution in [0.25, 0.3) is 0 Å². The molecule has 0 aliphatic carbocycles. The summed E-state index contributed by atoms with van der Waals surface area (Å²) in [6.07, 6.45) is 0.420. The van der Waals surface area contributed by atoms with Crippen LogP contribution >= 0.6 is 11.8 Å². The number of hydrogen-bond donors (Lipinski definition) is 2. The lowest BCUT2D eigenvalue weighted by molar-refractivity contribution is -0.128. The Hall–Kier alpha value is -4.64. The number of para-hydroxylation sites is 1. The van der Waals surface area contributed by atoms with Crippen LogP contribution in [0.2, 0.25) is 0 Å². The van der Waals surface area contributed by atoms with Crippen molar-refractivity contribution >= 4 is 46.2 Å². The van der Waals surface area contributed by atoms with E-state index >= 15 is 0 Å². The van der Waals surface area contributed by atoms with Crippen molar-refractivity contribution in [3.8, 4) is 11.5 Å². The van der Waals surface area contributed by atoms with Gasteiger partial charge in [-0.05, 0) is 48.7 Å². The number of carbonyl (C=O) groups is 3. The molecule has 43 heavy (non-hydrogen) atoms. The highest BCUT2D eigenvalue weighted by atomic mass is 32.2. The zero-order chi connectivity index (χ0) is 29.9. The van der Waals surface area contributed by atoms with E-state index < -0.39 is 11.3 Å². The third kappa shape index (κ3) is 6.12. The number of amides is 3. The zero-order valence-corrected chi connectivity index (χ0v) is 24.6. The zero-order valence-electron chi connectivity index (χ0n) is 23.8. The molecule has 10 nitrogen and oxygen atoms in total. The largest absolute Gasteiger partial charge is 0.454 e. The fourth-order valence-electron chi connectivity index (χ4n) is 4.97. The van der Waals surface area contributed by atoms with Crippen LogP contribution in [0, 0.1) is 6.92 Å². The van der Waals surface area contributed by atoms with E-state index in [0.29, 0.717) is 46.7 Å². The van der Waals surface area contributed by atoms with Crippen LogP contribution in [0.15, 0.2) is 76.7 Å². The summed E-state index contributed by atoms with van der Waals surface area (Å²) in [7, 11) is 0. The lowest BCUT2D eigenvalue weighted by Crippen LogP contribution is -2.43. The molecule has 6 rings (SSSR count). The summed E-state index contributed by atoms with van der Waals surface area (Å²) in [5, 5.41) is 5.78. The Morgan fingerprint density at radius 2 is 1.74 bits per heavy atom. The lowest BCUT2D eigenvalue weighted by atomic mass is 10.1.